The maximum absolute atomic E-state index is 10.4. The van der Waals surface area contributed by atoms with E-state index in [1.54, 1.807) is 35.8 Å². The number of hydrogen-bond donors (Lipinski definition) is 9. The Morgan fingerprint density at radius 2 is 1.15 bits per heavy atom. The number of carboxylic acids is 1. The van der Waals surface area contributed by atoms with Gasteiger partial charge < -0.3 is 35.9 Å². The number of likely N-dealkylation sites (N-methyl/N-ethyl adjacent to an activating group) is 4. The highest BCUT2D eigenvalue weighted by molar-refractivity contribution is 6.03. The van der Waals surface area contributed by atoms with Crippen molar-refractivity contribution in [2.45, 2.75) is 0 Å². The molecule has 3 aliphatic rings. The lowest BCUT2D eigenvalue weighted by Crippen LogP contribution is -2.36. The van der Waals surface area contributed by atoms with Crippen LogP contribution in [0, 0.1) is 21.6 Å². The quantitative estimate of drug-likeness (QED) is 0.132. The summed E-state index contributed by atoms with van der Waals surface area (Å²) in [5.41, 5.74) is 4.93. The molecule has 0 aromatic heterocycles. The van der Waals surface area contributed by atoms with Gasteiger partial charge in [0.2, 0.25) is 17.7 Å². The van der Waals surface area contributed by atoms with E-state index in [2.05, 4.69) is 16.0 Å². The van der Waals surface area contributed by atoms with Crippen molar-refractivity contribution in [1.82, 2.24) is 35.6 Å². The van der Waals surface area contributed by atoms with E-state index in [-0.39, 0.29) is 53.6 Å². The normalized spacial score (nSPS) is 15.9. The Balaban J connectivity index is 0. The van der Waals surface area contributed by atoms with E-state index < -0.39 is 5.97 Å². The smallest absolute Gasteiger partial charge is 0.323 e. The van der Waals surface area contributed by atoms with Crippen molar-refractivity contribution in [2.24, 2.45) is 5.73 Å². The summed E-state index contributed by atoms with van der Waals surface area (Å²) in [5.74, 6) is -0.961. The molecule has 0 aliphatic carbocycles. The Kier molecular flexibility index (Phi) is 13.6. The minimum absolute atomic E-state index is 0. The standard InChI is InChI=1S/C4H9N3O2.3C4H7N3O.H2O/c1-7(4(5)6)2-3(8)9;3*1-7-2-3(8)6-4(7)5;/h2H2,1H3,(H3,5,6)(H,8,9);3*2H2,1H3,(H2,5,6,8);1H2. The van der Waals surface area contributed by atoms with Gasteiger partial charge in [-0.2, -0.15) is 0 Å². The fourth-order valence-corrected chi connectivity index (χ4v) is 1.97. The van der Waals surface area contributed by atoms with Crippen LogP contribution in [0.1, 0.15) is 0 Å². The lowest BCUT2D eigenvalue weighted by Gasteiger charge is -2.12. The number of nitrogens with two attached hydrogens (primary N) is 1. The first-order valence-electron chi connectivity index (χ1n) is 9.19. The Bertz CT molecular complexity index is 750. The molecule has 0 aromatic rings. The molecular formula is C16H32N12O6. The highest BCUT2D eigenvalue weighted by Crippen LogP contribution is 1.90. The fourth-order valence-electron chi connectivity index (χ4n) is 1.97. The summed E-state index contributed by atoms with van der Waals surface area (Å²) >= 11 is 0. The van der Waals surface area contributed by atoms with E-state index in [0.29, 0.717) is 19.6 Å². The number of hydrogen-bond acceptors (Lipinski definition) is 8. The van der Waals surface area contributed by atoms with Crippen molar-refractivity contribution < 1.29 is 29.8 Å². The number of carbonyl (C=O) groups excluding carboxylic acids is 3. The fraction of sp³-hybridized carbons (Fsp3) is 0.500. The zero-order valence-corrected chi connectivity index (χ0v) is 19.3. The van der Waals surface area contributed by atoms with Crippen molar-refractivity contribution >= 4 is 47.5 Å². The minimum Gasteiger partial charge on any atom is -0.480 e. The monoisotopic (exact) mass is 488 g/mol. The van der Waals surface area contributed by atoms with Gasteiger partial charge in [-0.3, -0.25) is 56.8 Å². The maximum atomic E-state index is 10.4. The van der Waals surface area contributed by atoms with Crippen molar-refractivity contribution in [2.75, 3.05) is 54.4 Å². The molecule has 3 aliphatic heterocycles. The van der Waals surface area contributed by atoms with Crippen LogP contribution in [-0.2, 0) is 19.2 Å². The van der Waals surface area contributed by atoms with E-state index >= 15 is 0 Å². The highest BCUT2D eigenvalue weighted by Gasteiger charge is 2.19. The molecule has 3 rings (SSSR count). The van der Waals surface area contributed by atoms with E-state index in [1.165, 1.54) is 7.05 Å². The molecule has 0 spiro atoms. The summed E-state index contributed by atoms with van der Waals surface area (Å²) in [6.45, 7) is 0.728. The first-order chi connectivity index (χ1) is 15.1. The third-order valence-corrected chi connectivity index (χ3v) is 3.84. The molecule has 3 saturated heterocycles. The molecule has 0 saturated carbocycles. The average molecular weight is 489 g/mol. The molecule has 18 heteroatoms. The van der Waals surface area contributed by atoms with Crippen LogP contribution >= 0.6 is 0 Å². The summed E-state index contributed by atoms with van der Waals surface area (Å²) in [5, 5.41) is 42.8. The van der Waals surface area contributed by atoms with E-state index in [9.17, 15) is 19.2 Å². The first kappa shape index (κ1) is 31.7. The number of guanidine groups is 4. The molecule has 0 aromatic carbocycles. The molecule has 0 bridgehead atoms. The summed E-state index contributed by atoms with van der Waals surface area (Å²) in [6.07, 6.45) is 0. The number of amides is 3. The van der Waals surface area contributed by atoms with Gasteiger partial charge in [-0.05, 0) is 0 Å². The molecule has 192 valence electrons. The number of nitrogens with one attached hydrogen (secondary N) is 7. The molecule has 3 amide bonds. The largest absolute Gasteiger partial charge is 0.480 e. The second-order valence-corrected chi connectivity index (χ2v) is 6.89. The maximum Gasteiger partial charge on any atom is 0.323 e. The second-order valence-electron chi connectivity index (χ2n) is 6.89. The van der Waals surface area contributed by atoms with Crippen molar-refractivity contribution in [3.63, 3.8) is 0 Å². The van der Waals surface area contributed by atoms with Gasteiger partial charge in [-0.15, -0.1) is 0 Å². The molecule has 34 heavy (non-hydrogen) atoms. The van der Waals surface area contributed by atoms with E-state index in [1.807, 2.05) is 0 Å². The molecule has 3 fully saturated rings. The van der Waals surface area contributed by atoms with Crippen LogP contribution in [0.4, 0.5) is 0 Å². The lowest BCUT2D eigenvalue weighted by atomic mass is 10.6. The Morgan fingerprint density at radius 3 is 1.21 bits per heavy atom. The van der Waals surface area contributed by atoms with Gasteiger partial charge in [0.15, 0.2) is 23.8 Å². The summed E-state index contributed by atoms with van der Waals surface area (Å²) in [7, 11) is 6.52. The summed E-state index contributed by atoms with van der Waals surface area (Å²) < 4.78 is 0. The second kappa shape index (κ2) is 14.6. The van der Waals surface area contributed by atoms with Crippen molar-refractivity contribution in [3.8, 4) is 0 Å². The predicted molar refractivity (Wildman–Crippen MR) is 121 cm³/mol. The number of carboxylic acid groups (broad SMARTS) is 1. The van der Waals surface area contributed by atoms with Crippen molar-refractivity contribution in [3.05, 3.63) is 0 Å². The SMILES string of the molecule is CN(CC(=O)O)C(=N)N.CN1CC(=O)NC1=N.CN1CC(=O)NC1=N.CN1CC(=O)NC1=N.O. The van der Waals surface area contributed by atoms with Crippen LogP contribution in [0.15, 0.2) is 0 Å². The molecule has 0 unspecified atom stereocenters. The Morgan fingerprint density at radius 1 is 0.882 bits per heavy atom. The molecular weight excluding hydrogens is 456 g/mol. The molecule has 3 heterocycles. The summed E-state index contributed by atoms with van der Waals surface area (Å²) in [4.78, 5) is 46.8. The summed E-state index contributed by atoms with van der Waals surface area (Å²) in [6, 6.07) is 0. The van der Waals surface area contributed by atoms with Gasteiger partial charge in [0.25, 0.3) is 0 Å². The predicted octanol–water partition coefficient (Wildman–Crippen LogP) is -4.98. The number of nitrogens with zero attached hydrogens (tertiary/aromatic N) is 4. The number of carbonyl (C=O) groups is 4. The number of rotatable bonds is 2. The van der Waals surface area contributed by atoms with E-state index in [4.69, 9.17) is 32.5 Å². The third-order valence-electron chi connectivity index (χ3n) is 3.84. The van der Waals surface area contributed by atoms with Gasteiger partial charge >= 0.3 is 5.97 Å². The Hall–Kier alpha value is -4.48. The lowest BCUT2D eigenvalue weighted by molar-refractivity contribution is -0.137. The van der Waals surface area contributed by atoms with Crippen molar-refractivity contribution in [1.29, 1.82) is 21.6 Å². The first-order valence-corrected chi connectivity index (χ1v) is 9.19. The van der Waals surface area contributed by atoms with Crippen LogP contribution < -0.4 is 21.7 Å². The van der Waals surface area contributed by atoms with Crippen LogP contribution in [-0.4, -0.2) is 132 Å². The van der Waals surface area contributed by atoms with Gasteiger partial charge in [0, 0.05) is 28.2 Å². The van der Waals surface area contributed by atoms with Gasteiger partial charge in [-0.25, -0.2) is 0 Å². The molecule has 0 atom stereocenters. The molecule has 12 N–H and O–H groups in total. The molecule has 18 nitrogen and oxygen atoms in total. The number of aliphatic carboxylic acids is 1. The Labute approximate surface area is 195 Å². The topological polar surface area (TPSA) is 290 Å². The zero-order valence-electron chi connectivity index (χ0n) is 19.3. The third kappa shape index (κ3) is 12.4. The minimum atomic E-state index is -0.993. The van der Waals surface area contributed by atoms with Gasteiger partial charge in [-0.1, -0.05) is 0 Å². The average Bonchev–Trinajstić information content (AvgIpc) is 3.24. The highest BCUT2D eigenvalue weighted by atomic mass is 16.4. The van der Waals surface area contributed by atoms with Gasteiger partial charge in [0.05, 0.1) is 19.6 Å². The van der Waals surface area contributed by atoms with Crippen LogP contribution in [0.5, 0.6) is 0 Å². The van der Waals surface area contributed by atoms with Crippen LogP contribution in [0.25, 0.3) is 0 Å². The van der Waals surface area contributed by atoms with E-state index in [0.717, 1.165) is 4.90 Å². The van der Waals surface area contributed by atoms with Crippen LogP contribution in [0.3, 0.4) is 0 Å². The molecule has 0 radical (unpaired) electrons. The van der Waals surface area contributed by atoms with Gasteiger partial charge in [0.1, 0.15) is 6.54 Å². The van der Waals surface area contributed by atoms with Crippen LogP contribution in [0.2, 0.25) is 0 Å². The zero-order chi connectivity index (χ0) is 25.9.